The van der Waals surface area contributed by atoms with Crippen molar-refractivity contribution in [1.29, 1.82) is 0 Å². The number of hydrogen-bond acceptors (Lipinski definition) is 15. The summed E-state index contributed by atoms with van der Waals surface area (Å²) in [6, 6.07) is 9.80. The van der Waals surface area contributed by atoms with Crippen LogP contribution in [0, 0.1) is 0 Å². The van der Waals surface area contributed by atoms with E-state index in [4.69, 9.17) is 19.0 Å². The third-order valence-electron chi connectivity index (χ3n) is 8.65. The molecule has 2 unspecified atom stereocenters. The van der Waals surface area contributed by atoms with Gasteiger partial charge in [0.1, 0.15) is 54.5 Å². The number of aromatic nitrogens is 5. The van der Waals surface area contributed by atoms with E-state index in [-0.39, 0.29) is 29.8 Å². The predicted molar refractivity (Wildman–Crippen MR) is 212 cm³/mol. The number of oxime groups is 1. The minimum absolute atomic E-state index is 0.00593. The normalized spacial score (nSPS) is 16.8. The zero-order valence-electron chi connectivity index (χ0n) is 32.5. The second-order valence-electron chi connectivity index (χ2n) is 14.0. The van der Waals surface area contributed by atoms with E-state index < -0.39 is 59.9 Å². The van der Waals surface area contributed by atoms with Crippen LogP contribution in [0.3, 0.4) is 0 Å². The van der Waals surface area contributed by atoms with E-state index in [0.717, 1.165) is 36.6 Å². The fourth-order valence-electron chi connectivity index (χ4n) is 6.08. The van der Waals surface area contributed by atoms with Crippen molar-refractivity contribution in [2.24, 2.45) is 5.16 Å². The smallest absolute Gasteiger partial charge is 0.414 e. The Morgan fingerprint density at radius 3 is 2.67 bits per heavy atom. The van der Waals surface area contributed by atoms with Gasteiger partial charge in [-0.15, -0.1) is 16.7 Å². The molecule has 0 aliphatic carbocycles. The van der Waals surface area contributed by atoms with E-state index in [0.29, 0.717) is 28.3 Å². The molecule has 3 aromatic heterocycles. The number of pyridine rings is 1. The van der Waals surface area contributed by atoms with Gasteiger partial charge in [0.15, 0.2) is 11.8 Å². The molecule has 2 aliphatic heterocycles. The average molecular weight is 840 g/mol. The lowest BCUT2D eigenvalue weighted by molar-refractivity contribution is -0.665. The number of fused-ring (bicyclic) bond motifs is 2. The Morgan fingerprint density at radius 2 is 1.95 bits per heavy atom. The highest BCUT2D eigenvalue weighted by Gasteiger charge is 2.55. The number of anilines is 1. The minimum atomic E-state index is -1.10. The third-order valence-corrected chi connectivity index (χ3v) is 10.6. The maximum absolute atomic E-state index is 14.0. The quantitative estimate of drug-likeness (QED) is 0.0350. The molecule has 0 bridgehead atoms. The van der Waals surface area contributed by atoms with Crippen LogP contribution in [-0.4, -0.2) is 110 Å². The number of carbonyl (C=O) groups excluding carboxylic acids is 4. The molecule has 0 radical (unpaired) electrons. The topological polar surface area (TPSA) is 204 Å². The van der Waals surface area contributed by atoms with Gasteiger partial charge in [0.2, 0.25) is 16.7 Å². The van der Waals surface area contributed by atoms with Gasteiger partial charge in [-0.05, 0) is 70.6 Å². The molecule has 3 N–H and O–H groups in total. The molecule has 2 atom stereocenters. The molecule has 58 heavy (non-hydrogen) atoms. The van der Waals surface area contributed by atoms with Crippen LogP contribution >= 0.6 is 23.3 Å². The molecule has 0 spiro atoms. The number of alkyl halides is 1. The standard InChI is InChI=1S/C37H43FN10O8S2/c1-37(2,3)56-36(52)43-35-42-29(45-58-35)26(44-55-17-13-38)31(49)41-27-32(50)48-28(34(51)54-19-22-9-11-24(53-5)12-10-22)23(20-57-33(27)48)18-47-21-46(16-7-14-39-4)25-8-6-15-40-30(25)47/h6,8-12,15,21,27,33,39H,7,13-14,16-20H2,1-5H3,(H-,41,42,43,45,49,52)/p+1/b44-26-. The van der Waals surface area contributed by atoms with Gasteiger partial charge in [-0.3, -0.25) is 24.4 Å². The molecule has 1 saturated heterocycles. The van der Waals surface area contributed by atoms with Crippen LogP contribution < -0.4 is 25.3 Å². The van der Waals surface area contributed by atoms with Crippen molar-refractivity contribution >= 4 is 69.2 Å². The predicted octanol–water partition coefficient (Wildman–Crippen LogP) is 2.93. The molecule has 4 aromatic rings. The number of methoxy groups -OCH3 is 1. The van der Waals surface area contributed by atoms with E-state index in [1.165, 1.54) is 16.7 Å². The first kappa shape index (κ1) is 41.9. The second-order valence-corrected chi connectivity index (χ2v) is 15.8. The van der Waals surface area contributed by atoms with Crippen LogP contribution in [0.2, 0.25) is 0 Å². The number of benzene rings is 1. The first-order valence-corrected chi connectivity index (χ1v) is 20.1. The summed E-state index contributed by atoms with van der Waals surface area (Å²) < 4.78 is 37.4. The summed E-state index contributed by atoms with van der Waals surface area (Å²) in [6.45, 7) is 5.45. The Bertz CT molecular complexity index is 2200. The van der Waals surface area contributed by atoms with Gasteiger partial charge in [-0.1, -0.05) is 17.3 Å². The number of halogens is 1. The lowest BCUT2D eigenvalue weighted by Crippen LogP contribution is -2.71. The highest BCUT2D eigenvalue weighted by Crippen LogP contribution is 2.41. The molecule has 2 aliphatic rings. The number of imidazole rings is 1. The summed E-state index contributed by atoms with van der Waals surface area (Å²) in [4.78, 5) is 69.2. The number of nitrogens with one attached hydrogen (secondary N) is 3. The Balaban J connectivity index is 1.25. The van der Waals surface area contributed by atoms with Crippen molar-refractivity contribution in [2.75, 3.05) is 45.1 Å². The molecule has 6 rings (SSSR count). The molecule has 1 aromatic carbocycles. The average Bonchev–Trinajstić information content (AvgIpc) is 3.80. The van der Waals surface area contributed by atoms with Crippen molar-refractivity contribution < 1.29 is 47.2 Å². The minimum Gasteiger partial charge on any atom is -0.497 e. The number of carbonyl (C=O) groups is 4. The number of hydrogen-bond donors (Lipinski definition) is 3. The van der Waals surface area contributed by atoms with E-state index in [1.807, 2.05) is 30.1 Å². The largest absolute Gasteiger partial charge is 0.497 e. The Hall–Kier alpha value is -5.67. The lowest BCUT2D eigenvalue weighted by atomic mass is 10.0. The number of aryl methyl sites for hydroxylation is 1. The van der Waals surface area contributed by atoms with Gasteiger partial charge in [0, 0.05) is 22.9 Å². The summed E-state index contributed by atoms with van der Waals surface area (Å²) in [6.07, 6.45) is 3.74. The van der Waals surface area contributed by atoms with Crippen molar-refractivity contribution in [2.45, 2.75) is 63.9 Å². The summed E-state index contributed by atoms with van der Waals surface area (Å²) >= 11 is 2.10. The van der Waals surface area contributed by atoms with Crippen molar-refractivity contribution in [3.05, 3.63) is 71.6 Å². The van der Waals surface area contributed by atoms with Crippen molar-refractivity contribution in [3.63, 3.8) is 0 Å². The van der Waals surface area contributed by atoms with Crippen molar-refractivity contribution in [3.8, 4) is 5.75 Å². The fourth-order valence-corrected chi connectivity index (χ4v) is 7.97. The van der Waals surface area contributed by atoms with Crippen LogP contribution in [0.15, 0.2) is 65.3 Å². The molecule has 308 valence electrons. The van der Waals surface area contributed by atoms with Crippen LogP contribution in [0.25, 0.3) is 11.2 Å². The number of esters is 1. The first-order chi connectivity index (χ1) is 27.9. The maximum atomic E-state index is 14.0. The number of ether oxygens (including phenoxy) is 3. The van der Waals surface area contributed by atoms with Crippen LogP contribution in [0.1, 0.15) is 38.6 Å². The fraction of sp³-hybridized carbons (Fsp3) is 0.432. The lowest BCUT2D eigenvalue weighted by Gasteiger charge is -2.49. The van der Waals surface area contributed by atoms with E-state index >= 15 is 0 Å². The Morgan fingerprint density at radius 1 is 1.16 bits per heavy atom. The molecule has 3 amide bonds. The number of nitrogens with zero attached hydrogens (tertiary/aromatic N) is 7. The van der Waals surface area contributed by atoms with E-state index in [9.17, 15) is 23.6 Å². The SMILES string of the molecule is CNCCCn1c[n+](CC2=C(C(=O)OCc3ccc(OC)cc3)N3C(=O)C(NC(=O)/C(=N\OCCF)c4nsc(NC(=O)OC(C)(C)C)n4)C3SC2)c2ncccc21. The molecule has 21 heteroatoms. The Kier molecular flexibility index (Phi) is 13.5. The number of β-lactam (4-membered cyclic amide) rings is 1. The highest BCUT2D eigenvalue weighted by molar-refractivity contribution is 8.00. The van der Waals surface area contributed by atoms with Gasteiger partial charge < -0.3 is 29.7 Å². The zero-order chi connectivity index (χ0) is 41.4. The van der Waals surface area contributed by atoms with Crippen LogP contribution in [-0.2, 0) is 48.4 Å². The highest BCUT2D eigenvalue weighted by atomic mass is 32.2. The summed E-state index contributed by atoms with van der Waals surface area (Å²) in [5.74, 6) is -1.46. The summed E-state index contributed by atoms with van der Waals surface area (Å²) in [5, 5.41) is 11.3. The van der Waals surface area contributed by atoms with Crippen LogP contribution in [0.4, 0.5) is 14.3 Å². The first-order valence-electron chi connectivity index (χ1n) is 18.3. The van der Waals surface area contributed by atoms with E-state index in [2.05, 4.69) is 40.0 Å². The summed E-state index contributed by atoms with van der Waals surface area (Å²) in [7, 11) is 3.45. The molecule has 0 saturated carbocycles. The maximum Gasteiger partial charge on any atom is 0.414 e. The molecular weight excluding hydrogens is 796 g/mol. The molecule has 1 fully saturated rings. The molecule has 5 heterocycles. The monoisotopic (exact) mass is 839 g/mol. The van der Waals surface area contributed by atoms with Gasteiger partial charge in [0.25, 0.3) is 11.8 Å². The van der Waals surface area contributed by atoms with Gasteiger partial charge in [-0.2, -0.15) is 9.36 Å². The summed E-state index contributed by atoms with van der Waals surface area (Å²) in [5.41, 5.74) is 1.80. The Labute approximate surface area is 341 Å². The molecular formula is C37H44FN10O8S2+. The van der Waals surface area contributed by atoms with Crippen molar-refractivity contribution in [1.82, 2.24) is 34.4 Å². The third kappa shape index (κ3) is 9.88. The molecule has 18 nitrogen and oxygen atoms in total. The number of rotatable bonds is 17. The van der Waals surface area contributed by atoms with E-state index in [1.54, 1.807) is 58.3 Å². The van der Waals surface area contributed by atoms with Crippen LogP contribution in [0.5, 0.6) is 5.75 Å². The number of amides is 3. The zero-order valence-corrected chi connectivity index (χ0v) is 34.2. The second kappa shape index (κ2) is 18.7. The number of thioether (sulfide) groups is 1. The van der Waals surface area contributed by atoms with Gasteiger partial charge in [0.05, 0.1) is 20.2 Å². The van der Waals surface area contributed by atoms with Gasteiger partial charge in [-0.25, -0.2) is 18.5 Å². The van der Waals surface area contributed by atoms with Gasteiger partial charge >= 0.3 is 17.7 Å².